The van der Waals surface area contributed by atoms with Gasteiger partial charge in [0.1, 0.15) is 0 Å². The molecule has 0 unspecified atom stereocenters. The molecule has 1 aromatic rings. The van der Waals surface area contributed by atoms with Gasteiger partial charge in [-0.1, -0.05) is 17.5 Å². The highest BCUT2D eigenvalue weighted by Crippen LogP contribution is 2.21. The van der Waals surface area contributed by atoms with Crippen LogP contribution >= 0.6 is 11.6 Å². The molecule has 1 rings (SSSR count). The zero-order valence-electron chi connectivity index (χ0n) is 6.86. The third-order valence-electron chi connectivity index (χ3n) is 1.43. The lowest BCUT2D eigenvalue weighted by Gasteiger charge is -1.94. The van der Waals surface area contributed by atoms with Crippen LogP contribution in [0, 0.1) is 22.0 Å². The van der Waals surface area contributed by atoms with Gasteiger partial charge in [-0.2, -0.15) is 0 Å². The van der Waals surface area contributed by atoms with E-state index in [1.54, 1.807) is 0 Å². The number of aldehydes is 1. The second-order valence-electron chi connectivity index (χ2n) is 2.31. The van der Waals surface area contributed by atoms with Crippen LogP contribution in [0.25, 0.3) is 0 Å². The van der Waals surface area contributed by atoms with Gasteiger partial charge in [-0.25, -0.2) is 0 Å². The topological polar surface area (TPSA) is 60.2 Å². The van der Waals surface area contributed by atoms with Gasteiger partial charge in [0.2, 0.25) is 0 Å². The van der Waals surface area contributed by atoms with Gasteiger partial charge in [0.15, 0.2) is 6.29 Å². The molecule has 0 heterocycles. The summed E-state index contributed by atoms with van der Waals surface area (Å²) in [7, 11) is 0. The SMILES string of the molecule is O=CC#Cc1ccc([N+](=O)[O-])cc1Cl. The van der Waals surface area contributed by atoms with Crippen LogP contribution in [0.2, 0.25) is 5.02 Å². The molecule has 0 saturated heterocycles. The fourth-order valence-corrected chi connectivity index (χ4v) is 1.05. The average Bonchev–Trinajstić information content (AvgIpc) is 2.15. The molecule has 70 valence electrons. The number of nitrogens with zero attached hydrogens (tertiary/aromatic N) is 1. The van der Waals surface area contributed by atoms with E-state index in [-0.39, 0.29) is 10.7 Å². The normalized spacial score (nSPS) is 8.64. The van der Waals surface area contributed by atoms with Crippen LogP contribution in [0.4, 0.5) is 5.69 Å². The van der Waals surface area contributed by atoms with Gasteiger partial charge >= 0.3 is 0 Å². The van der Waals surface area contributed by atoms with Crippen LogP contribution in [-0.4, -0.2) is 11.2 Å². The lowest BCUT2D eigenvalue weighted by molar-refractivity contribution is -0.384. The number of hydrogen-bond donors (Lipinski definition) is 0. The number of benzene rings is 1. The van der Waals surface area contributed by atoms with Crippen molar-refractivity contribution in [3.8, 4) is 11.8 Å². The van der Waals surface area contributed by atoms with Gasteiger partial charge in [0, 0.05) is 17.7 Å². The van der Waals surface area contributed by atoms with E-state index in [1.165, 1.54) is 18.2 Å². The monoisotopic (exact) mass is 209 g/mol. The molecule has 0 aliphatic carbocycles. The Kier molecular flexibility index (Phi) is 3.21. The molecule has 0 spiro atoms. The molecule has 0 radical (unpaired) electrons. The first-order valence-corrected chi connectivity index (χ1v) is 3.92. The van der Waals surface area contributed by atoms with Crippen LogP contribution < -0.4 is 0 Å². The molecule has 14 heavy (non-hydrogen) atoms. The van der Waals surface area contributed by atoms with E-state index < -0.39 is 4.92 Å². The molecule has 0 aliphatic rings. The zero-order valence-corrected chi connectivity index (χ0v) is 7.62. The number of hydrogen-bond acceptors (Lipinski definition) is 3. The third-order valence-corrected chi connectivity index (χ3v) is 1.74. The molecule has 0 atom stereocenters. The van der Waals surface area contributed by atoms with E-state index in [4.69, 9.17) is 11.6 Å². The first-order chi connectivity index (χ1) is 6.65. The maximum Gasteiger partial charge on any atom is 0.271 e. The molecule has 0 fully saturated rings. The third kappa shape index (κ3) is 2.31. The van der Waals surface area contributed by atoms with Crippen molar-refractivity contribution in [2.45, 2.75) is 0 Å². The number of carbonyl (C=O) groups excluding carboxylic acids is 1. The van der Waals surface area contributed by atoms with Crippen LogP contribution in [0.15, 0.2) is 18.2 Å². The maximum absolute atomic E-state index is 10.3. The van der Waals surface area contributed by atoms with Crippen molar-refractivity contribution in [2.24, 2.45) is 0 Å². The molecular weight excluding hydrogens is 206 g/mol. The van der Waals surface area contributed by atoms with Gasteiger partial charge in [-0.3, -0.25) is 14.9 Å². The number of halogens is 1. The molecule has 0 bridgehead atoms. The number of nitro groups is 1. The summed E-state index contributed by atoms with van der Waals surface area (Å²) < 4.78 is 0. The zero-order chi connectivity index (χ0) is 10.6. The molecule has 0 amide bonds. The Morgan fingerprint density at radius 1 is 1.50 bits per heavy atom. The van der Waals surface area contributed by atoms with E-state index in [1.807, 2.05) is 0 Å². The van der Waals surface area contributed by atoms with E-state index in [2.05, 4.69) is 11.8 Å². The summed E-state index contributed by atoms with van der Waals surface area (Å²) in [6.45, 7) is 0. The van der Waals surface area contributed by atoms with Gasteiger partial charge in [0.25, 0.3) is 5.69 Å². The molecule has 0 aliphatic heterocycles. The van der Waals surface area contributed by atoms with Crippen molar-refractivity contribution >= 4 is 23.6 Å². The second kappa shape index (κ2) is 4.40. The Hall–Kier alpha value is -1.86. The first kappa shape index (κ1) is 10.2. The van der Waals surface area contributed by atoms with E-state index in [9.17, 15) is 14.9 Å². The number of non-ortho nitro benzene ring substituents is 1. The second-order valence-corrected chi connectivity index (χ2v) is 2.72. The van der Waals surface area contributed by atoms with Crippen LogP contribution in [0.1, 0.15) is 5.56 Å². The minimum absolute atomic E-state index is 0.105. The molecule has 0 aromatic heterocycles. The van der Waals surface area contributed by atoms with E-state index >= 15 is 0 Å². The lowest BCUT2D eigenvalue weighted by atomic mass is 10.2. The smallest absolute Gasteiger partial charge is 0.271 e. The van der Waals surface area contributed by atoms with Crippen LogP contribution in [0.5, 0.6) is 0 Å². The van der Waals surface area contributed by atoms with Crippen molar-refractivity contribution in [3.05, 3.63) is 38.9 Å². The van der Waals surface area contributed by atoms with Gasteiger partial charge < -0.3 is 0 Å². The standard InChI is InChI=1S/C9H4ClNO3/c10-9-6-8(11(13)14)4-3-7(9)2-1-5-12/h3-6H. The minimum Gasteiger partial charge on any atom is -0.289 e. The van der Waals surface area contributed by atoms with Crippen molar-refractivity contribution in [1.29, 1.82) is 0 Å². The summed E-state index contributed by atoms with van der Waals surface area (Å²) in [5.41, 5.74) is 0.288. The summed E-state index contributed by atoms with van der Waals surface area (Å²) in [5, 5.41) is 10.5. The highest BCUT2D eigenvalue weighted by molar-refractivity contribution is 6.32. The molecule has 1 aromatic carbocycles. The molecule has 4 nitrogen and oxygen atoms in total. The Morgan fingerprint density at radius 2 is 2.21 bits per heavy atom. The quantitative estimate of drug-likeness (QED) is 0.307. The maximum atomic E-state index is 10.3. The average molecular weight is 210 g/mol. The molecule has 5 heteroatoms. The lowest BCUT2D eigenvalue weighted by Crippen LogP contribution is -1.88. The Balaban J connectivity index is 3.13. The van der Waals surface area contributed by atoms with E-state index in [0.29, 0.717) is 11.8 Å². The van der Waals surface area contributed by atoms with Crippen LogP contribution in [-0.2, 0) is 4.79 Å². The van der Waals surface area contributed by atoms with E-state index in [0.717, 1.165) is 0 Å². The predicted molar refractivity (Wildman–Crippen MR) is 51.0 cm³/mol. The summed E-state index contributed by atoms with van der Waals surface area (Å²) in [6, 6.07) is 3.87. The van der Waals surface area contributed by atoms with Gasteiger partial charge in [0.05, 0.1) is 9.95 Å². The fourth-order valence-electron chi connectivity index (χ4n) is 0.826. The Labute approximate surface area is 84.6 Å². The summed E-state index contributed by atoms with van der Waals surface area (Å²) in [6.07, 6.45) is 0.428. The number of rotatable bonds is 1. The number of nitro benzene ring substituents is 1. The van der Waals surface area contributed by atoms with Gasteiger partial charge in [-0.15, -0.1) is 0 Å². The van der Waals surface area contributed by atoms with Crippen LogP contribution in [0.3, 0.4) is 0 Å². The van der Waals surface area contributed by atoms with Crippen molar-refractivity contribution in [3.63, 3.8) is 0 Å². The van der Waals surface area contributed by atoms with Gasteiger partial charge in [-0.05, 0) is 12.0 Å². The molecule has 0 saturated carbocycles. The summed E-state index contributed by atoms with van der Waals surface area (Å²) >= 11 is 5.69. The van der Waals surface area contributed by atoms with Crippen molar-refractivity contribution in [2.75, 3.05) is 0 Å². The van der Waals surface area contributed by atoms with Crippen molar-refractivity contribution in [1.82, 2.24) is 0 Å². The predicted octanol–water partition coefficient (Wildman–Crippen LogP) is 1.80. The molecular formula is C9H4ClNO3. The summed E-state index contributed by atoms with van der Waals surface area (Å²) in [5.74, 6) is 4.63. The molecule has 0 N–H and O–H groups in total. The largest absolute Gasteiger partial charge is 0.289 e. The highest BCUT2D eigenvalue weighted by atomic mass is 35.5. The number of carbonyl (C=O) groups is 1. The first-order valence-electron chi connectivity index (χ1n) is 3.54. The Morgan fingerprint density at radius 3 is 2.71 bits per heavy atom. The van der Waals surface area contributed by atoms with Crippen molar-refractivity contribution < 1.29 is 9.72 Å². The minimum atomic E-state index is -0.553. The highest BCUT2D eigenvalue weighted by Gasteiger charge is 2.07. The fraction of sp³-hybridized carbons (Fsp3) is 0. The summed E-state index contributed by atoms with van der Waals surface area (Å²) in [4.78, 5) is 19.7. The Bertz CT molecular complexity index is 445.